The summed E-state index contributed by atoms with van der Waals surface area (Å²) < 4.78 is 4.82. The molecule has 1 fully saturated rings. The maximum atomic E-state index is 11.1. The van der Waals surface area contributed by atoms with Crippen LogP contribution < -0.4 is 0 Å². The van der Waals surface area contributed by atoms with Gasteiger partial charge in [-0.3, -0.25) is 4.79 Å². The molecule has 0 saturated heterocycles. The summed E-state index contributed by atoms with van der Waals surface area (Å²) in [6.07, 6.45) is 2.53. The highest BCUT2D eigenvalue weighted by Crippen LogP contribution is 2.22. The van der Waals surface area contributed by atoms with Gasteiger partial charge in [0.1, 0.15) is 0 Å². The van der Waals surface area contributed by atoms with Crippen LogP contribution in [0.2, 0.25) is 0 Å². The summed E-state index contributed by atoms with van der Waals surface area (Å²) >= 11 is 0. The van der Waals surface area contributed by atoms with Crippen molar-refractivity contribution in [2.24, 2.45) is 5.92 Å². The van der Waals surface area contributed by atoms with E-state index < -0.39 is 0 Å². The van der Waals surface area contributed by atoms with Crippen molar-refractivity contribution in [3.05, 3.63) is 0 Å². The quantitative estimate of drug-likeness (QED) is 0.612. The lowest BCUT2D eigenvalue weighted by atomic mass is 10.1. The van der Waals surface area contributed by atoms with Gasteiger partial charge < -0.3 is 10.1 Å². The summed E-state index contributed by atoms with van der Waals surface area (Å²) in [5.74, 6) is -0.440. The summed E-state index contributed by atoms with van der Waals surface area (Å²) in [6, 6.07) is 0. The zero-order valence-electron chi connectivity index (χ0n) is 6.72. The van der Waals surface area contributed by atoms with Gasteiger partial charge in [0.05, 0.1) is 12.5 Å². The molecule has 0 unspecified atom stereocenters. The third-order valence-electron chi connectivity index (χ3n) is 1.93. The van der Waals surface area contributed by atoms with E-state index >= 15 is 0 Å². The van der Waals surface area contributed by atoms with Crippen molar-refractivity contribution in [1.29, 1.82) is 5.41 Å². The largest absolute Gasteiger partial charge is 0.465 e. The molecule has 3 heteroatoms. The van der Waals surface area contributed by atoms with Crippen LogP contribution in [0, 0.1) is 11.3 Å². The maximum Gasteiger partial charge on any atom is 0.314 e. The average molecular weight is 155 g/mol. The number of hydrogen-bond acceptors (Lipinski definition) is 3. The van der Waals surface area contributed by atoms with E-state index in [1.807, 2.05) is 0 Å². The molecule has 0 spiro atoms. The second kappa shape index (κ2) is 3.51. The normalized spacial score (nSPS) is 23.7. The van der Waals surface area contributed by atoms with Gasteiger partial charge in [0, 0.05) is 5.71 Å². The van der Waals surface area contributed by atoms with Gasteiger partial charge >= 0.3 is 5.97 Å². The molecule has 11 heavy (non-hydrogen) atoms. The molecular formula is C8H13NO2. The van der Waals surface area contributed by atoms with E-state index in [1.54, 1.807) is 6.92 Å². The van der Waals surface area contributed by atoms with Crippen LogP contribution in [-0.4, -0.2) is 18.3 Å². The Bertz CT molecular complexity index is 177. The van der Waals surface area contributed by atoms with Gasteiger partial charge in [0.25, 0.3) is 0 Å². The summed E-state index contributed by atoms with van der Waals surface area (Å²) in [6.45, 7) is 2.21. The molecule has 0 amide bonds. The number of nitrogens with one attached hydrogen (secondary N) is 1. The molecule has 1 rings (SSSR count). The van der Waals surface area contributed by atoms with Gasteiger partial charge in [0.15, 0.2) is 0 Å². The lowest BCUT2D eigenvalue weighted by molar-refractivity contribution is -0.145. The molecule has 0 aromatic carbocycles. The SMILES string of the molecule is CCOC(=O)[C@H]1CCCC1=N. The Morgan fingerprint density at radius 3 is 3.00 bits per heavy atom. The Labute approximate surface area is 66.2 Å². The van der Waals surface area contributed by atoms with Crippen LogP contribution in [0.5, 0.6) is 0 Å². The fourth-order valence-corrected chi connectivity index (χ4v) is 1.35. The van der Waals surface area contributed by atoms with Gasteiger partial charge in [-0.25, -0.2) is 0 Å². The van der Waals surface area contributed by atoms with Crippen LogP contribution in [0.3, 0.4) is 0 Å². The van der Waals surface area contributed by atoms with Crippen LogP contribution in [-0.2, 0) is 9.53 Å². The second-order valence-corrected chi connectivity index (χ2v) is 2.72. The molecule has 0 radical (unpaired) electrons. The van der Waals surface area contributed by atoms with Crippen molar-refractivity contribution in [3.8, 4) is 0 Å². The van der Waals surface area contributed by atoms with Gasteiger partial charge in [-0.1, -0.05) is 0 Å². The van der Waals surface area contributed by atoms with Gasteiger partial charge in [0.2, 0.25) is 0 Å². The maximum absolute atomic E-state index is 11.1. The van der Waals surface area contributed by atoms with Gasteiger partial charge in [-0.2, -0.15) is 0 Å². The molecule has 1 atom stereocenters. The fraction of sp³-hybridized carbons (Fsp3) is 0.750. The van der Waals surface area contributed by atoms with Gasteiger partial charge in [-0.05, 0) is 26.2 Å². The first-order chi connectivity index (χ1) is 5.25. The van der Waals surface area contributed by atoms with Crippen molar-refractivity contribution >= 4 is 11.7 Å². The summed E-state index contributed by atoms with van der Waals surface area (Å²) in [5, 5.41) is 7.41. The highest BCUT2D eigenvalue weighted by molar-refractivity contribution is 6.01. The zero-order chi connectivity index (χ0) is 8.27. The van der Waals surface area contributed by atoms with Crippen molar-refractivity contribution in [2.45, 2.75) is 26.2 Å². The number of esters is 1. The van der Waals surface area contributed by atoms with E-state index in [4.69, 9.17) is 10.1 Å². The minimum Gasteiger partial charge on any atom is -0.465 e. The number of ether oxygens (including phenoxy) is 1. The molecule has 1 aliphatic carbocycles. The predicted molar refractivity (Wildman–Crippen MR) is 41.7 cm³/mol. The first-order valence-corrected chi connectivity index (χ1v) is 3.99. The number of carbonyl (C=O) groups excluding carboxylic acids is 1. The van der Waals surface area contributed by atoms with E-state index in [1.165, 1.54) is 0 Å². The van der Waals surface area contributed by atoms with Crippen LogP contribution in [0.15, 0.2) is 0 Å². The van der Waals surface area contributed by atoms with Crippen molar-refractivity contribution in [2.75, 3.05) is 6.61 Å². The van der Waals surface area contributed by atoms with Crippen LogP contribution in [0.1, 0.15) is 26.2 Å². The molecule has 1 aliphatic rings. The zero-order valence-corrected chi connectivity index (χ0v) is 6.72. The van der Waals surface area contributed by atoms with Crippen molar-refractivity contribution < 1.29 is 9.53 Å². The van der Waals surface area contributed by atoms with E-state index in [0.29, 0.717) is 12.3 Å². The molecule has 0 heterocycles. The number of carbonyl (C=O) groups is 1. The van der Waals surface area contributed by atoms with Crippen LogP contribution >= 0.6 is 0 Å². The van der Waals surface area contributed by atoms with Crippen molar-refractivity contribution in [3.63, 3.8) is 0 Å². The molecule has 0 aromatic rings. The summed E-state index contributed by atoms with van der Waals surface area (Å²) in [4.78, 5) is 11.1. The predicted octanol–water partition coefficient (Wildman–Crippen LogP) is 1.37. The molecular weight excluding hydrogens is 142 g/mol. The van der Waals surface area contributed by atoms with E-state index in [2.05, 4.69) is 0 Å². The standard InChI is InChI=1S/C8H13NO2/c1-2-11-8(10)6-4-3-5-7(6)9/h6,9H,2-5H2,1H3/t6-/m0/s1. The Morgan fingerprint density at radius 1 is 1.82 bits per heavy atom. The molecule has 0 bridgehead atoms. The summed E-state index contributed by atoms with van der Waals surface area (Å²) in [7, 11) is 0. The fourth-order valence-electron chi connectivity index (χ4n) is 1.35. The summed E-state index contributed by atoms with van der Waals surface area (Å²) in [5.41, 5.74) is 0.545. The first-order valence-electron chi connectivity index (χ1n) is 3.99. The number of rotatable bonds is 2. The monoisotopic (exact) mass is 155 g/mol. The molecule has 3 nitrogen and oxygen atoms in total. The highest BCUT2D eigenvalue weighted by Gasteiger charge is 2.28. The molecule has 1 saturated carbocycles. The number of hydrogen-bond donors (Lipinski definition) is 1. The Morgan fingerprint density at radius 2 is 2.55 bits per heavy atom. The van der Waals surface area contributed by atoms with E-state index in [9.17, 15) is 4.79 Å². The highest BCUT2D eigenvalue weighted by atomic mass is 16.5. The Hall–Kier alpha value is -0.860. The minimum atomic E-state index is -0.227. The molecule has 62 valence electrons. The minimum absolute atomic E-state index is 0.213. The van der Waals surface area contributed by atoms with Crippen molar-refractivity contribution in [1.82, 2.24) is 0 Å². The Balaban J connectivity index is 2.46. The molecule has 1 N–H and O–H groups in total. The lowest BCUT2D eigenvalue weighted by Crippen LogP contribution is -2.20. The Kier molecular flexibility index (Phi) is 2.63. The topological polar surface area (TPSA) is 50.2 Å². The lowest BCUT2D eigenvalue weighted by Gasteiger charge is -2.07. The third kappa shape index (κ3) is 1.79. The second-order valence-electron chi connectivity index (χ2n) is 2.72. The molecule has 0 aromatic heterocycles. The smallest absolute Gasteiger partial charge is 0.314 e. The molecule has 0 aliphatic heterocycles. The van der Waals surface area contributed by atoms with E-state index in [-0.39, 0.29) is 11.9 Å². The third-order valence-corrected chi connectivity index (χ3v) is 1.93. The first kappa shape index (κ1) is 8.24. The van der Waals surface area contributed by atoms with E-state index in [0.717, 1.165) is 19.3 Å². The van der Waals surface area contributed by atoms with Crippen LogP contribution in [0.4, 0.5) is 0 Å². The van der Waals surface area contributed by atoms with Gasteiger partial charge in [-0.15, -0.1) is 0 Å². The average Bonchev–Trinajstić information content (AvgIpc) is 2.36. The van der Waals surface area contributed by atoms with Crippen LogP contribution in [0.25, 0.3) is 0 Å².